The van der Waals surface area contributed by atoms with Gasteiger partial charge >= 0.3 is 5.69 Å². The largest absolute Gasteiger partial charge is 0.497 e. The summed E-state index contributed by atoms with van der Waals surface area (Å²) >= 11 is 3.05. The topological polar surface area (TPSA) is 84.8 Å². The van der Waals surface area contributed by atoms with Crippen LogP contribution in [0.3, 0.4) is 0 Å². The molecule has 2 N–H and O–H groups in total. The van der Waals surface area contributed by atoms with E-state index in [0.29, 0.717) is 17.5 Å². The average Bonchev–Trinajstić information content (AvgIpc) is 3.21. The Hall–Kier alpha value is -2.26. The summed E-state index contributed by atoms with van der Waals surface area (Å²) in [6, 6.07) is 7.69. The van der Waals surface area contributed by atoms with Gasteiger partial charge in [-0.25, -0.2) is 14.9 Å². The van der Waals surface area contributed by atoms with E-state index in [9.17, 15) is 4.79 Å². The molecule has 0 unspecified atom stereocenters. The molecule has 7 nitrogen and oxygen atoms in total. The number of anilines is 2. The molecule has 0 bridgehead atoms. The first kappa shape index (κ1) is 17.6. The highest BCUT2D eigenvalue weighted by molar-refractivity contribution is 7.98. The van der Waals surface area contributed by atoms with Gasteiger partial charge in [0.1, 0.15) is 5.75 Å². The number of ether oxygens (including phenoxy) is 1. The molecular formula is C16H19N5O2S2. The average molecular weight is 377 g/mol. The minimum atomic E-state index is -0.163. The SMILES string of the molecule is CCCn1c(SCc2csc(Nc3ccc(OC)cc3)n2)n[nH]c1=O. The van der Waals surface area contributed by atoms with Gasteiger partial charge < -0.3 is 10.1 Å². The van der Waals surface area contributed by atoms with Crippen LogP contribution in [0.2, 0.25) is 0 Å². The van der Waals surface area contributed by atoms with Crippen molar-refractivity contribution in [1.29, 1.82) is 0 Å². The molecule has 3 aromatic rings. The molecule has 3 rings (SSSR count). The van der Waals surface area contributed by atoms with Crippen molar-refractivity contribution < 1.29 is 4.74 Å². The monoisotopic (exact) mass is 377 g/mol. The van der Waals surface area contributed by atoms with Gasteiger partial charge in [0.2, 0.25) is 0 Å². The van der Waals surface area contributed by atoms with E-state index in [-0.39, 0.29) is 5.69 Å². The van der Waals surface area contributed by atoms with Crippen LogP contribution in [0.15, 0.2) is 39.6 Å². The Morgan fingerprint density at radius 3 is 2.88 bits per heavy atom. The molecule has 0 amide bonds. The number of benzene rings is 1. The van der Waals surface area contributed by atoms with Gasteiger partial charge in [0, 0.05) is 23.4 Å². The third-order valence-electron chi connectivity index (χ3n) is 3.41. The first-order chi connectivity index (χ1) is 12.2. The van der Waals surface area contributed by atoms with Gasteiger partial charge in [-0.1, -0.05) is 18.7 Å². The standard InChI is InChI=1S/C16H19N5O2S2/c1-3-8-21-15(22)19-20-16(21)25-10-12-9-24-14(18-12)17-11-4-6-13(23-2)7-5-11/h4-7,9H,3,8,10H2,1-2H3,(H,17,18)(H,19,22). The van der Waals surface area contributed by atoms with Crippen molar-refractivity contribution in [3.63, 3.8) is 0 Å². The zero-order valence-corrected chi connectivity index (χ0v) is 15.6. The quantitative estimate of drug-likeness (QED) is 0.585. The Labute approximate surface area is 153 Å². The van der Waals surface area contributed by atoms with E-state index < -0.39 is 0 Å². The summed E-state index contributed by atoms with van der Waals surface area (Å²) in [6.45, 7) is 2.70. The first-order valence-corrected chi connectivity index (χ1v) is 9.69. The van der Waals surface area contributed by atoms with Crippen LogP contribution in [-0.4, -0.2) is 26.9 Å². The van der Waals surface area contributed by atoms with Crippen LogP contribution >= 0.6 is 23.1 Å². The molecule has 0 saturated heterocycles. The minimum absolute atomic E-state index is 0.163. The Balaban J connectivity index is 1.61. The number of thiazole rings is 1. The molecule has 25 heavy (non-hydrogen) atoms. The highest BCUT2D eigenvalue weighted by atomic mass is 32.2. The van der Waals surface area contributed by atoms with E-state index in [2.05, 4.69) is 20.5 Å². The number of H-pyrrole nitrogens is 1. The second kappa shape index (κ2) is 8.21. The summed E-state index contributed by atoms with van der Waals surface area (Å²) in [4.78, 5) is 16.3. The lowest BCUT2D eigenvalue weighted by molar-refractivity contribution is 0.415. The third kappa shape index (κ3) is 4.43. The second-order valence-electron chi connectivity index (χ2n) is 5.25. The number of rotatable bonds is 8. The molecule has 0 aliphatic carbocycles. The van der Waals surface area contributed by atoms with E-state index in [1.54, 1.807) is 23.0 Å². The summed E-state index contributed by atoms with van der Waals surface area (Å²) in [5, 5.41) is 13.4. The molecule has 2 heterocycles. The molecule has 0 saturated carbocycles. The molecule has 9 heteroatoms. The minimum Gasteiger partial charge on any atom is -0.497 e. The van der Waals surface area contributed by atoms with Crippen molar-refractivity contribution in [2.24, 2.45) is 0 Å². The van der Waals surface area contributed by atoms with Gasteiger partial charge in [0.15, 0.2) is 10.3 Å². The maximum atomic E-state index is 11.7. The summed E-state index contributed by atoms with van der Waals surface area (Å²) in [5.74, 6) is 1.48. The lowest BCUT2D eigenvalue weighted by atomic mass is 10.3. The predicted octanol–water partition coefficient (Wildman–Crippen LogP) is 3.48. The van der Waals surface area contributed by atoms with Gasteiger partial charge in [-0.2, -0.15) is 0 Å². The Bertz CT molecular complexity index is 869. The number of thioether (sulfide) groups is 1. The Morgan fingerprint density at radius 1 is 1.36 bits per heavy atom. The smallest absolute Gasteiger partial charge is 0.343 e. The molecule has 2 aromatic heterocycles. The van der Waals surface area contributed by atoms with Crippen LogP contribution in [0.1, 0.15) is 19.0 Å². The van der Waals surface area contributed by atoms with Crippen LogP contribution in [0.25, 0.3) is 0 Å². The number of nitrogens with one attached hydrogen (secondary N) is 2. The molecule has 0 fully saturated rings. The molecule has 0 spiro atoms. The number of aromatic nitrogens is 4. The van der Waals surface area contributed by atoms with Crippen molar-refractivity contribution in [3.8, 4) is 5.75 Å². The third-order valence-corrected chi connectivity index (χ3v) is 5.23. The molecular weight excluding hydrogens is 358 g/mol. The van der Waals surface area contributed by atoms with Crippen LogP contribution in [0.4, 0.5) is 10.8 Å². The van der Waals surface area contributed by atoms with Gasteiger partial charge in [-0.15, -0.1) is 16.4 Å². The first-order valence-electron chi connectivity index (χ1n) is 7.83. The predicted molar refractivity (Wildman–Crippen MR) is 101 cm³/mol. The summed E-state index contributed by atoms with van der Waals surface area (Å²) in [7, 11) is 1.65. The Morgan fingerprint density at radius 2 is 2.16 bits per heavy atom. The fourth-order valence-electron chi connectivity index (χ4n) is 2.20. The maximum Gasteiger partial charge on any atom is 0.343 e. The maximum absolute atomic E-state index is 11.7. The summed E-state index contributed by atoms with van der Waals surface area (Å²) in [5.41, 5.74) is 1.74. The van der Waals surface area contributed by atoms with Crippen LogP contribution in [-0.2, 0) is 12.3 Å². The summed E-state index contributed by atoms with van der Waals surface area (Å²) in [6.07, 6.45) is 0.889. The number of aromatic amines is 1. The van der Waals surface area contributed by atoms with E-state index in [1.807, 2.05) is 36.6 Å². The molecule has 0 aliphatic rings. The molecule has 132 valence electrons. The van der Waals surface area contributed by atoms with Crippen molar-refractivity contribution in [2.75, 3.05) is 12.4 Å². The van der Waals surface area contributed by atoms with Crippen LogP contribution in [0.5, 0.6) is 5.75 Å². The number of hydrogen-bond acceptors (Lipinski definition) is 7. The highest BCUT2D eigenvalue weighted by Crippen LogP contribution is 2.26. The van der Waals surface area contributed by atoms with Crippen LogP contribution in [0, 0.1) is 0 Å². The van der Waals surface area contributed by atoms with Gasteiger partial charge in [-0.3, -0.25) is 4.57 Å². The normalized spacial score (nSPS) is 10.8. The molecule has 0 atom stereocenters. The van der Waals surface area contributed by atoms with E-state index in [4.69, 9.17) is 4.74 Å². The number of hydrogen-bond donors (Lipinski definition) is 2. The lowest BCUT2D eigenvalue weighted by Crippen LogP contribution is -2.17. The fraction of sp³-hybridized carbons (Fsp3) is 0.312. The van der Waals surface area contributed by atoms with Gasteiger partial charge in [0.05, 0.1) is 12.8 Å². The second-order valence-corrected chi connectivity index (χ2v) is 7.05. The zero-order valence-electron chi connectivity index (χ0n) is 14.0. The fourth-order valence-corrected chi connectivity index (χ4v) is 3.90. The van der Waals surface area contributed by atoms with Crippen molar-refractivity contribution in [2.45, 2.75) is 30.8 Å². The van der Waals surface area contributed by atoms with Gasteiger partial charge in [0.25, 0.3) is 0 Å². The van der Waals surface area contributed by atoms with E-state index >= 15 is 0 Å². The zero-order chi connectivity index (χ0) is 17.6. The number of nitrogens with zero attached hydrogens (tertiary/aromatic N) is 3. The van der Waals surface area contributed by atoms with Gasteiger partial charge in [-0.05, 0) is 30.7 Å². The van der Waals surface area contributed by atoms with Crippen molar-refractivity contribution >= 4 is 33.9 Å². The van der Waals surface area contributed by atoms with Crippen LogP contribution < -0.4 is 15.7 Å². The molecule has 0 radical (unpaired) electrons. The van der Waals surface area contributed by atoms with Crippen molar-refractivity contribution in [1.82, 2.24) is 19.7 Å². The lowest BCUT2D eigenvalue weighted by Gasteiger charge is -2.04. The van der Waals surface area contributed by atoms with Crippen molar-refractivity contribution in [3.05, 3.63) is 45.8 Å². The number of methoxy groups -OCH3 is 1. The highest BCUT2D eigenvalue weighted by Gasteiger charge is 2.10. The van der Waals surface area contributed by atoms with E-state index in [1.165, 1.54) is 11.8 Å². The molecule has 1 aromatic carbocycles. The summed E-state index contributed by atoms with van der Waals surface area (Å²) < 4.78 is 6.81. The Kier molecular flexibility index (Phi) is 5.77. The molecule has 0 aliphatic heterocycles. The van der Waals surface area contributed by atoms with E-state index in [0.717, 1.165) is 28.7 Å².